The summed E-state index contributed by atoms with van der Waals surface area (Å²) in [5.74, 6) is -1.68. The molecule has 8 nitrogen and oxygen atoms in total. The summed E-state index contributed by atoms with van der Waals surface area (Å²) >= 11 is 0. The Labute approximate surface area is 175 Å². The van der Waals surface area contributed by atoms with Gasteiger partial charge in [-0.1, -0.05) is 18.2 Å². The van der Waals surface area contributed by atoms with Gasteiger partial charge in [-0.15, -0.1) is 0 Å². The summed E-state index contributed by atoms with van der Waals surface area (Å²) in [7, 11) is 0. The maximum atomic E-state index is 11.6. The minimum absolute atomic E-state index is 0.0198. The van der Waals surface area contributed by atoms with E-state index in [2.05, 4.69) is 0 Å². The van der Waals surface area contributed by atoms with Gasteiger partial charge in [-0.05, 0) is 25.5 Å². The summed E-state index contributed by atoms with van der Waals surface area (Å²) in [6, 6.07) is 7.66. The van der Waals surface area contributed by atoms with Gasteiger partial charge in [0.1, 0.15) is 5.58 Å². The number of benzene rings is 1. The summed E-state index contributed by atoms with van der Waals surface area (Å²) in [6.45, 7) is 3.73. The lowest BCUT2D eigenvalue weighted by Gasteiger charge is -2.36. The average molecular weight is 420 g/mol. The van der Waals surface area contributed by atoms with Gasteiger partial charge in [-0.3, -0.25) is 0 Å². The Morgan fingerprint density at radius 1 is 1.13 bits per heavy atom. The van der Waals surface area contributed by atoms with E-state index in [0.29, 0.717) is 32.8 Å². The minimum atomic E-state index is -1.13. The largest absolute Gasteiger partial charge is 0.475 e. The second-order valence-electron chi connectivity index (χ2n) is 6.89. The second kappa shape index (κ2) is 11.1. The van der Waals surface area contributed by atoms with Gasteiger partial charge in [0.25, 0.3) is 0 Å². The Bertz CT molecular complexity index is 843. The molecule has 3 rings (SSSR count). The lowest BCUT2D eigenvalue weighted by molar-refractivity contribution is -0.174. The van der Waals surface area contributed by atoms with E-state index in [1.54, 1.807) is 12.3 Å². The highest BCUT2D eigenvalue weighted by molar-refractivity contribution is 5.86. The first-order chi connectivity index (χ1) is 14.7. The molecule has 0 bridgehead atoms. The van der Waals surface area contributed by atoms with Gasteiger partial charge >= 0.3 is 5.97 Å². The van der Waals surface area contributed by atoms with Gasteiger partial charge < -0.3 is 33.6 Å². The number of furan rings is 1. The number of aliphatic hydroxyl groups is 1. The van der Waals surface area contributed by atoms with Crippen molar-refractivity contribution in [1.82, 2.24) is 0 Å². The lowest BCUT2D eigenvalue weighted by Crippen LogP contribution is -2.37. The van der Waals surface area contributed by atoms with Crippen LogP contribution in [0.2, 0.25) is 0 Å². The molecule has 1 aromatic carbocycles. The van der Waals surface area contributed by atoms with Crippen molar-refractivity contribution < 1.29 is 38.4 Å². The molecular weight excluding hydrogens is 392 g/mol. The molecule has 0 unspecified atom stereocenters. The number of carbonyl (C=O) groups is 1. The van der Waals surface area contributed by atoms with Gasteiger partial charge in [0.15, 0.2) is 0 Å². The van der Waals surface area contributed by atoms with E-state index in [4.69, 9.17) is 28.5 Å². The van der Waals surface area contributed by atoms with E-state index >= 15 is 0 Å². The fraction of sp³-hybridized carbons (Fsp3) is 0.500. The summed E-state index contributed by atoms with van der Waals surface area (Å²) in [5.41, 5.74) is 1.64. The van der Waals surface area contributed by atoms with Gasteiger partial charge in [0.05, 0.1) is 32.7 Å². The number of fused-ring (bicyclic) bond motifs is 1. The second-order valence-corrected chi connectivity index (χ2v) is 6.89. The zero-order valence-electron chi connectivity index (χ0n) is 17.0. The number of aliphatic hydroxyl groups excluding tert-OH is 1. The van der Waals surface area contributed by atoms with Crippen molar-refractivity contribution in [2.45, 2.75) is 25.6 Å². The normalized spacial score (nSPS) is 21.4. The van der Waals surface area contributed by atoms with Gasteiger partial charge in [0, 0.05) is 36.0 Å². The maximum Gasteiger partial charge on any atom is 0.370 e. The molecule has 0 fully saturated rings. The molecule has 0 amide bonds. The molecule has 2 aromatic rings. The number of hydrogen-bond donors (Lipinski definition) is 2. The van der Waals surface area contributed by atoms with Crippen LogP contribution in [0, 0.1) is 5.92 Å². The molecule has 2 heterocycles. The summed E-state index contributed by atoms with van der Waals surface area (Å²) in [5, 5.41) is 19.2. The smallest absolute Gasteiger partial charge is 0.370 e. The van der Waals surface area contributed by atoms with Crippen LogP contribution in [-0.2, 0) is 23.7 Å². The quantitative estimate of drug-likeness (QED) is 0.505. The Hall–Kier alpha value is -2.39. The van der Waals surface area contributed by atoms with Crippen molar-refractivity contribution >= 4 is 16.9 Å². The Morgan fingerprint density at radius 2 is 1.90 bits per heavy atom. The number of aliphatic carboxylic acids is 1. The van der Waals surface area contributed by atoms with Crippen molar-refractivity contribution in [3.05, 3.63) is 47.9 Å². The number of carboxylic acid groups (broad SMARTS) is 1. The van der Waals surface area contributed by atoms with Crippen LogP contribution in [0.1, 0.15) is 24.8 Å². The highest BCUT2D eigenvalue weighted by Gasteiger charge is 2.39. The predicted octanol–water partition coefficient (Wildman–Crippen LogP) is 2.91. The van der Waals surface area contributed by atoms with Gasteiger partial charge in [0.2, 0.25) is 12.0 Å². The molecule has 3 atom stereocenters. The van der Waals surface area contributed by atoms with E-state index in [-0.39, 0.29) is 30.8 Å². The Kier molecular flexibility index (Phi) is 8.27. The van der Waals surface area contributed by atoms with Crippen molar-refractivity contribution in [2.24, 2.45) is 5.92 Å². The van der Waals surface area contributed by atoms with E-state index in [1.807, 2.05) is 31.2 Å². The molecule has 0 spiro atoms. The standard InChI is InChI=1S/C22H28O8/c1-2-28-22-16(7-9-26-11-12-27-10-8-23)17(13-20(30-22)21(24)25)18-14-29-19-6-4-3-5-15(18)19/h3-6,13-14,16-17,22-23H,2,7-12H2,1H3,(H,24,25)/t16-,17+,22-/m1/s1. The Balaban J connectivity index is 1.80. The van der Waals surface area contributed by atoms with Crippen molar-refractivity contribution in [1.29, 1.82) is 0 Å². The highest BCUT2D eigenvalue weighted by atomic mass is 16.7. The molecule has 164 valence electrons. The number of para-hydroxylation sites is 1. The molecule has 8 heteroatoms. The van der Waals surface area contributed by atoms with Gasteiger partial charge in [-0.25, -0.2) is 4.79 Å². The fourth-order valence-corrected chi connectivity index (χ4v) is 3.65. The van der Waals surface area contributed by atoms with Crippen LogP contribution in [0.3, 0.4) is 0 Å². The molecular formula is C22H28O8. The van der Waals surface area contributed by atoms with Crippen LogP contribution in [-0.4, -0.2) is 62.1 Å². The molecule has 0 saturated heterocycles. The van der Waals surface area contributed by atoms with Crippen LogP contribution >= 0.6 is 0 Å². The summed E-state index contributed by atoms with van der Waals surface area (Å²) < 4.78 is 28.0. The van der Waals surface area contributed by atoms with Crippen molar-refractivity contribution in [3.63, 3.8) is 0 Å². The van der Waals surface area contributed by atoms with Gasteiger partial charge in [-0.2, -0.15) is 0 Å². The number of rotatable bonds is 12. The van der Waals surface area contributed by atoms with E-state index < -0.39 is 12.3 Å². The van der Waals surface area contributed by atoms with E-state index in [0.717, 1.165) is 16.5 Å². The van der Waals surface area contributed by atoms with Crippen LogP contribution < -0.4 is 0 Å². The molecule has 1 aliphatic heterocycles. The number of carboxylic acids is 1. The summed E-state index contributed by atoms with van der Waals surface area (Å²) in [6.07, 6.45) is 3.19. The third-order valence-corrected chi connectivity index (χ3v) is 5.00. The Morgan fingerprint density at radius 3 is 2.63 bits per heavy atom. The highest BCUT2D eigenvalue weighted by Crippen LogP contribution is 2.41. The van der Waals surface area contributed by atoms with E-state index in [9.17, 15) is 9.90 Å². The molecule has 0 saturated carbocycles. The first kappa shape index (κ1) is 22.3. The van der Waals surface area contributed by atoms with Crippen molar-refractivity contribution in [3.8, 4) is 0 Å². The SMILES string of the molecule is CCO[C@@H]1OC(C(=O)O)=C[C@H](c2coc3ccccc23)[C@H]1CCOCCOCCO. The maximum absolute atomic E-state index is 11.6. The number of allylic oxidation sites excluding steroid dienone is 1. The third-order valence-electron chi connectivity index (χ3n) is 5.00. The summed E-state index contributed by atoms with van der Waals surface area (Å²) in [4.78, 5) is 11.6. The van der Waals surface area contributed by atoms with E-state index in [1.165, 1.54) is 0 Å². The number of hydrogen-bond acceptors (Lipinski definition) is 7. The third kappa shape index (κ3) is 5.40. The lowest BCUT2D eigenvalue weighted by atomic mass is 9.81. The average Bonchev–Trinajstić information content (AvgIpc) is 3.17. The van der Waals surface area contributed by atoms with Crippen LogP contribution in [0.5, 0.6) is 0 Å². The first-order valence-corrected chi connectivity index (χ1v) is 10.1. The molecule has 0 radical (unpaired) electrons. The fourth-order valence-electron chi connectivity index (χ4n) is 3.65. The zero-order valence-corrected chi connectivity index (χ0v) is 17.0. The molecule has 30 heavy (non-hydrogen) atoms. The molecule has 1 aromatic heterocycles. The molecule has 2 N–H and O–H groups in total. The number of ether oxygens (including phenoxy) is 4. The monoisotopic (exact) mass is 420 g/mol. The predicted molar refractivity (Wildman–Crippen MR) is 108 cm³/mol. The van der Waals surface area contributed by atoms with Crippen LogP contribution in [0.25, 0.3) is 11.0 Å². The first-order valence-electron chi connectivity index (χ1n) is 10.1. The molecule has 1 aliphatic rings. The topological polar surface area (TPSA) is 108 Å². The van der Waals surface area contributed by atoms with Crippen LogP contribution in [0.4, 0.5) is 0 Å². The minimum Gasteiger partial charge on any atom is -0.475 e. The molecule has 0 aliphatic carbocycles. The van der Waals surface area contributed by atoms with Crippen molar-refractivity contribution in [2.75, 3.05) is 39.6 Å². The zero-order chi connectivity index (χ0) is 21.3. The van der Waals surface area contributed by atoms with Crippen LogP contribution in [0.15, 0.2) is 46.8 Å².